The minimum atomic E-state index is -0.829. The van der Waals surface area contributed by atoms with Gasteiger partial charge in [0.15, 0.2) is 6.10 Å². The molecule has 0 unspecified atom stereocenters. The Hall–Kier alpha value is -2.62. The number of ether oxygens (including phenoxy) is 1. The van der Waals surface area contributed by atoms with Crippen molar-refractivity contribution in [1.29, 1.82) is 5.26 Å². The number of nitrogens with zero attached hydrogens (tertiary/aromatic N) is 3. The van der Waals surface area contributed by atoms with E-state index in [1.54, 1.807) is 20.0 Å². The molecule has 0 N–H and O–H groups in total. The Balaban J connectivity index is 2.10. The minimum Gasteiger partial charge on any atom is -0.481 e. The monoisotopic (exact) mass is 331 g/mol. The zero-order chi connectivity index (χ0) is 17.7. The lowest BCUT2D eigenvalue weighted by Gasteiger charge is -2.40. The largest absolute Gasteiger partial charge is 0.481 e. The first-order valence-electron chi connectivity index (χ1n) is 8.00. The van der Waals surface area contributed by atoms with Gasteiger partial charge in [-0.25, -0.2) is 0 Å². The van der Waals surface area contributed by atoms with Crippen LogP contribution in [0.2, 0.25) is 0 Å². The lowest BCUT2D eigenvalue weighted by molar-refractivity contribution is -0.384. The van der Waals surface area contributed by atoms with Crippen molar-refractivity contribution in [3.63, 3.8) is 0 Å². The molecule has 0 radical (unpaired) electrons. The summed E-state index contributed by atoms with van der Waals surface area (Å²) in [6.45, 7) is 1.59. The number of hydrogen-bond donors (Lipinski definition) is 0. The van der Waals surface area contributed by atoms with E-state index in [2.05, 4.69) is 6.07 Å². The van der Waals surface area contributed by atoms with E-state index in [-0.39, 0.29) is 17.3 Å². The van der Waals surface area contributed by atoms with Crippen LogP contribution in [0.25, 0.3) is 0 Å². The van der Waals surface area contributed by atoms with Crippen molar-refractivity contribution in [2.45, 2.75) is 50.7 Å². The SMILES string of the molecule is C[C@@H](Oc1cccc([N+](=O)[O-])c1)C(=O)N(C)C1(C#N)CCCCC1. The molecule has 2 rings (SSSR count). The van der Waals surface area contributed by atoms with Crippen molar-refractivity contribution in [3.05, 3.63) is 34.4 Å². The van der Waals surface area contributed by atoms with E-state index < -0.39 is 16.6 Å². The Morgan fingerprint density at radius 3 is 2.67 bits per heavy atom. The van der Waals surface area contributed by atoms with Gasteiger partial charge in [0.1, 0.15) is 11.3 Å². The van der Waals surface area contributed by atoms with Gasteiger partial charge in [0.2, 0.25) is 0 Å². The van der Waals surface area contributed by atoms with Gasteiger partial charge in [-0.1, -0.05) is 25.3 Å². The van der Waals surface area contributed by atoms with Crippen LogP contribution in [0.3, 0.4) is 0 Å². The van der Waals surface area contributed by atoms with Crippen molar-refractivity contribution in [3.8, 4) is 11.8 Å². The molecule has 1 fully saturated rings. The number of benzene rings is 1. The molecule has 128 valence electrons. The molecular weight excluding hydrogens is 310 g/mol. The second kappa shape index (κ2) is 7.30. The number of carbonyl (C=O) groups excluding carboxylic acids is 1. The topological polar surface area (TPSA) is 96.5 Å². The molecule has 7 heteroatoms. The first-order valence-corrected chi connectivity index (χ1v) is 8.00. The lowest BCUT2D eigenvalue weighted by atomic mass is 9.81. The van der Waals surface area contributed by atoms with Crippen LogP contribution in [-0.4, -0.2) is 34.4 Å². The molecule has 0 heterocycles. The first-order chi connectivity index (χ1) is 11.4. The van der Waals surface area contributed by atoms with Gasteiger partial charge in [0, 0.05) is 13.1 Å². The summed E-state index contributed by atoms with van der Waals surface area (Å²) < 4.78 is 5.56. The van der Waals surface area contributed by atoms with E-state index in [0.717, 1.165) is 19.3 Å². The van der Waals surface area contributed by atoms with Crippen LogP contribution in [0.15, 0.2) is 24.3 Å². The Kier molecular flexibility index (Phi) is 5.39. The third-order valence-corrected chi connectivity index (χ3v) is 4.55. The van der Waals surface area contributed by atoms with E-state index >= 15 is 0 Å². The maximum atomic E-state index is 12.6. The highest BCUT2D eigenvalue weighted by molar-refractivity contribution is 5.82. The fourth-order valence-electron chi connectivity index (χ4n) is 3.07. The van der Waals surface area contributed by atoms with E-state index in [9.17, 15) is 20.2 Å². The molecule has 1 aliphatic carbocycles. The van der Waals surface area contributed by atoms with Gasteiger partial charge in [-0.15, -0.1) is 0 Å². The Bertz CT molecular complexity index is 662. The summed E-state index contributed by atoms with van der Waals surface area (Å²) >= 11 is 0. The van der Waals surface area contributed by atoms with E-state index in [1.807, 2.05) is 0 Å². The second-order valence-electron chi connectivity index (χ2n) is 6.12. The maximum absolute atomic E-state index is 12.6. The zero-order valence-corrected chi connectivity index (χ0v) is 13.9. The maximum Gasteiger partial charge on any atom is 0.273 e. The summed E-state index contributed by atoms with van der Waals surface area (Å²) in [5.41, 5.74) is -0.878. The third-order valence-electron chi connectivity index (χ3n) is 4.55. The van der Waals surface area contributed by atoms with Gasteiger partial charge in [0.05, 0.1) is 17.1 Å². The molecule has 24 heavy (non-hydrogen) atoms. The minimum absolute atomic E-state index is 0.0960. The molecule has 1 aromatic carbocycles. The molecule has 0 aliphatic heterocycles. The number of nitro benzene ring substituents is 1. The summed E-state index contributed by atoms with van der Waals surface area (Å²) in [4.78, 5) is 24.4. The fourth-order valence-corrected chi connectivity index (χ4v) is 3.07. The van der Waals surface area contributed by atoms with Crippen molar-refractivity contribution in [2.24, 2.45) is 0 Å². The zero-order valence-electron chi connectivity index (χ0n) is 13.9. The summed E-state index contributed by atoms with van der Waals surface area (Å²) in [7, 11) is 1.63. The van der Waals surface area contributed by atoms with Crippen LogP contribution < -0.4 is 4.74 Å². The number of likely N-dealkylation sites (N-methyl/N-ethyl adjacent to an activating group) is 1. The van der Waals surface area contributed by atoms with Gasteiger partial charge in [0.25, 0.3) is 11.6 Å². The molecule has 7 nitrogen and oxygen atoms in total. The van der Waals surface area contributed by atoms with E-state index in [4.69, 9.17) is 4.74 Å². The smallest absolute Gasteiger partial charge is 0.273 e. The van der Waals surface area contributed by atoms with E-state index in [0.29, 0.717) is 12.8 Å². The van der Waals surface area contributed by atoms with Crippen LogP contribution in [0.1, 0.15) is 39.0 Å². The Labute approximate surface area is 141 Å². The number of carbonyl (C=O) groups is 1. The van der Waals surface area contributed by atoms with Crippen molar-refractivity contribution in [1.82, 2.24) is 4.90 Å². The van der Waals surface area contributed by atoms with Crippen LogP contribution in [0, 0.1) is 21.4 Å². The fraction of sp³-hybridized carbons (Fsp3) is 0.529. The predicted molar refractivity (Wildman–Crippen MR) is 87.4 cm³/mol. The Morgan fingerprint density at radius 1 is 1.42 bits per heavy atom. The van der Waals surface area contributed by atoms with Crippen molar-refractivity contribution >= 4 is 11.6 Å². The first kappa shape index (κ1) is 17.7. The van der Waals surface area contributed by atoms with Gasteiger partial charge < -0.3 is 9.64 Å². The molecule has 0 bridgehead atoms. The lowest BCUT2D eigenvalue weighted by Crippen LogP contribution is -2.53. The van der Waals surface area contributed by atoms with Crippen molar-refractivity contribution < 1.29 is 14.5 Å². The van der Waals surface area contributed by atoms with Gasteiger partial charge in [-0.05, 0) is 25.8 Å². The summed E-state index contributed by atoms with van der Waals surface area (Å²) in [5, 5.41) is 20.4. The third kappa shape index (κ3) is 3.65. The molecule has 1 atom stereocenters. The van der Waals surface area contributed by atoms with Crippen LogP contribution in [0.5, 0.6) is 5.75 Å². The predicted octanol–water partition coefficient (Wildman–Crippen LogP) is 3.05. The van der Waals surface area contributed by atoms with Crippen molar-refractivity contribution in [2.75, 3.05) is 7.05 Å². The highest BCUT2D eigenvalue weighted by Crippen LogP contribution is 2.33. The number of nitriles is 1. The average Bonchev–Trinajstić information content (AvgIpc) is 2.61. The molecule has 0 spiro atoms. The molecule has 0 aromatic heterocycles. The number of non-ortho nitro benzene ring substituents is 1. The van der Waals surface area contributed by atoms with Crippen LogP contribution >= 0.6 is 0 Å². The normalized spacial score (nSPS) is 17.4. The Morgan fingerprint density at radius 2 is 2.08 bits per heavy atom. The average molecular weight is 331 g/mol. The quantitative estimate of drug-likeness (QED) is 0.610. The van der Waals surface area contributed by atoms with Gasteiger partial charge in [-0.2, -0.15) is 5.26 Å². The number of hydrogen-bond acceptors (Lipinski definition) is 5. The summed E-state index contributed by atoms with van der Waals surface area (Å²) in [6, 6.07) is 8.02. The molecule has 1 amide bonds. The molecule has 0 saturated heterocycles. The van der Waals surface area contributed by atoms with Crippen LogP contribution in [0.4, 0.5) is 5.69 Å². The summed E-state index contributed by atoms with van der Waals surface area (Å²) in [6.07, 6.45) is 3.41. The molecular formula is C17H21N3O4. The molecule has 1 saturated carbocycles. The standard InChI is InChI=1S/C17H21N3O4/c1-13(24-15-8-6-7-14(11-15)20(22)23)16(21)19(2)17(12-18)9-4-3-5-10-17/h6-8,11,13H,3-5,9-10H2,1-2H3/t13-/m1/s1. The van der Waals surface area contributed by atoms with Gasteiger partial charge in [-0.3, -0.25) is 14.9 Å². The van der Waals surface area contributed by atoms with Crippen LogP contribution in [-0.2, 0) is 4.79 Å². The highest BCUT2D eigenvalue weighted by Gasteiger charge is 2.40. The molecule has 1 aliphatic rings. The number of rotatable bonds is 5. The number of nitro groups is 1. The van der Waals surface area contributed by atoms with Gasteiger partial charge >= 0.3 is 0 Å². The number of amides is 1. The van der Waals surface area contributed by atoms with E-state index in [1.165, 1.54) is 23.1 Å². The second-order valence-corrected chi connectivity index (χ2v) is 6.12. The summed E-state index contributed by atoms with van der Waals surface area (Å²) in [5.74, 6) is -0.0435. The molecule has 1 aromatic rings. The highest BCUT2D eigenvalue weighted by atomic mass is 16.6.